The molecular weight excluding hydrogens is 324 g/mol. The number of aryl methyl sites for hydroxylation is 1. The van der Waals surface area contributed by atoms with Crippen molar-refractivity contribution in [2.24, 2.45) is 7.05 Å². The zero-order valence-corrected chi connectivity index (χ0v) is 14.0. The van der Waals surface area contributed by atoms with E-state index in [1.807, 2.05) is 11.6 Å². The number of thiophene rings is 1. The number of nitrogens with zero attached hydrogens (tertiary/aromatic N) is 4. The van der Waals surface area contributed by atoms with E-state index in [9.17, 15) is 0 Å². The molecule has 4 rings (SSSR count). The molecule has 0 radical (unpaired) electrons. The number of oxazole rings is 1. The van der Waals surface area contributed by atoms with Gasteiger partial charge in [0.1, 0.15) is 10.7 Å². The van der Waals surface area contributed by atoms with Gasteiger partial charge in [0.15, 0.2) is 12.2 Å². The van der Waals surface area contributed by atoms with Crippen LogP contribution in [-0.2, 0) is 11.8 Å². The van der Waals surface area contributed by atoms with E-state index in [-0.39, 0.29) is 0 Å². The highest BCUT2D eigenvalue weighted by Crippen LogP contribution is 2.37. The lowest BCUT2D eigenvalue weighted by molar-refractivity contribution is 0.123. The second-order valence-corrected chi connectivity index (χ2v) is 6.47. The van der Waals surface area contributed by atoms with Crippen molar-refractivity contribution in [2.75, 3.05) is 31.2 Å². The minimum Gasteiger partial charge on any atom is -0.443 e. The smallest absolute Gasteiger partial charge is 0.181 e. The number of hydrogen-bond acceptors (Lipinski definition) is 6. The Labute approximate surface area is 143 Å². The van der Waals surface area contributed by atoms with Gasteiger partial charge < -0.3 is 18.6 Å². The minimum absolute atomic E-state index is 0.740. The van der Waals surface area contributed by atoms with Crippen LogP contribution in [-0.4, -0.2) is 40.8 Å². The highest BCUT2D eigenvalue weighted by Gasteiger charge is 2.19. The summed E-state index contributed by atoms with van der Waals surface area (Å²) < 4.78 is 12.8. The molecule has 0 bridgehead atoms. The van der Waals surface area contributed by atoms with Gasteiger partial charge in [-0.3, -0.25) is 0 Å². The maximum atomic E-state index is 5.46. The van der Waals surface area contributed by atoms with Gasteiger partial charge in [-0.15, -0.1) is 11.3 Å². The molecule has 0 aliphatic carbocycles. The summed E-state index contributed by atoms with van der Waals surface area (Å²) >= 11 is 1.68. The van der Waals surface area contributed by atoms with E-state index in [2.05, 4.69) is 32.8 Å². The summed E-state index contributed by atoms with van der Waals surface area (Å²) in [5.41, 5.74) is 1.88. The minimum atomic E-state index is 0.740. The predicted octanol–water partition coefficient (Wildman–Crippen LogP) is 2.37. The zero-order valence-electron chi connectivity index (χ0n) is 13.2. The maximum Gasteiger partial charge on any atom is 0.181 e. The molecule has 1 aliphatic rings. The van der Waals surface area contributed by atoms with Crippen LogP contribution in [0.4, 0.5) is 5.00 Å². The van der Waals surface area contributed by atoms with Crippen LogP contribution in [0.3, 0.4) is 0 Å². The van der Waals surface area contributed by atoms with Gasteiger partial charge in [-0.05, 0) is 12.0 Å². The Kier molecular flexibility index (Phi) is 4.07. The lowest BCUT2D eigenvalue weighted by Crippen LogP contribution is -2.36. The topological polar surface area (TPSA) is 56.3 Å². The molecule has 1 saturated heterocycles. The monoisotopic (exact) mass is 340 g/mol. The van der Waals surface area contributed by atoms with E-state index in [0.29, 0.717) is 0 Å². The van der Waals surface area contributed by atoms with Crippen molar-refractivity contribution in [3.05, 3.63) is 42.4 Å². The van der Waals surface area contributed by atoms with Gasteiger partial charge in [0.2, 0.25) is 0 Å². The van der Waals surface area contributed by atoms with Crippen molar-refractivity contribution >= 4 is 16.3 Å². The number of morpholine rings is 1. The standard InChI is InChI=1S/C17H16N4O2S/c1-20-11-18-9-14(20)3-2-13-8-16(15-10-19-12-23-15)24-17(13)21-4-6-22-7-5-21/h8-12H,4-7H2,1H3. The number of anilines is 1. The molecule has 0 amide bonds. The quantitative estimate of drug-likeness (QED) is 0.671. The molecule has 0 atom stereocenters. The molecule has 4 heterocycles. The van der Waals surface area contributed by atoms with E-state index >= 15 is 0 Å². The second-order valence-electron chi connectivity index (χ2n) is 5.43. The molecule has 24 heavy (non-hydrogen) atoms. The lowest BCUT2D eigenvalue weighted by atomic mass is 10.2. The van der Waals surface area contributed by atoms with E-state index in [1.54, 1.807) is 30.1 Å². The lowest BCUT2D eigenvalue weighted by Gasteiger charge is -2.27. The number of aromatic nitrogens is 3. The van der Waals surface area contributed by atoms with Crippen LogP contribution in [0.1, 0.15) is 11.3 Å². The third-order valence-electron chi connectivity index (χ3n) is 3.83. The highest BCUT2D eigenvalue weighted by atomic mass is 32.1. The largest absolute Gasteiger partial charge is 0.443 e. The summed E-state index contributed by atoms with van der Waals surface area (Å²) in [5.74, 6) is 7.26. The number of ether oxygens (including phenoxy) is 1. The van der Waals surface area contributed by atoms with Crippen LogP contribution < -0.4 is 4.90 Å². The SMILES string of the molecule is Cn1cncc1C#Cc1cc(-c2cnco2)sc1N1CCOCC1. The van der Waals surface area contributed by atoms with Crippen LogP contribution in [0, 0.1) is 11.8 Å². The Morgan fingerprint density at radius 2 is 2.04 bits per heavy atom. The van der Waals surface area contributed by atoms with Crippen LogP contribution in [0.2, 0.25) is 0 Å². The van der Waals surface area contributed by atoms with E-state index in [0.717, 1.165) is 53.2 Å². The summed E-state index contributed by atoms with van der Waals surface area (Å²) in [6, 6.07) is 2.07. The Morgan fingerprint density at radius 1 is 1.17 bits per heavy atom. The molecule has 122 valence electrons. The number of imidazole rings is 1. The molecule has 6 nitrogen and oxygen atoms in total. The van der Waals surface area contributed by atoms with Crippen LogP contribution in [0.15, 0.2) is 35.6 Å². The molecule has 0 saturated carbocycles. The molecule has 1 aliphatic heterocycles. The summed E-state index contributed by atoms with van der Waals surface area (Å²) in [5, 5.41) is 1.15. The van der Waals surface area contributed by atoms with Crippen molar-refractivity contribution in [2.45, 2.75) is 0 Å². The first kappa shape index (κ1) is 15.0. The molecule has 0 aromatic carbocycles. The van der Waals surface area contributed by atoms with Crippen molar-refractivity contribution in [3.8, 4) is 22.5 Å². The first-order valence-electron chi connectivity index (χ1n) is 7.65. The average Bonchev–Trinajstić information content (AvgIpc) is 3.34. The van der Waals surface area contributed by atoms with Gasteiger partial charge in [0, 0.05) is 20.1 Å². The highest BCUT2D eigenvalue weighted by molar-refractivity contribution is 7.19. The molecular formula is C17H16N4O2S. The first-order chi connectivity index (χ1) is 11.8. The van der Waals surface area contributed by atoms with Crippen molar-refractivity contribution in [3.63, 3.8) is 0 Å². The summed E-state index contributed by atoms with van der Waals surface area (Å²) in [7, 11) is 1.94. The van der Waals surface area contributed by atoms with Crippen LogP contribution >= 0.6 is 11.3 Å². The Hall–Kier alpha value is -2.56. The number of rotatable bonds is 2. The first-order valence-corrected chi connectivity index (χ1v) is 8.46. The van der Waals surface area contributed by atoms with Gasteiger partial charge in [-0.2, -0.15) is 0 Å². The van der Waals surface area contributed by atoms with E-state index in [1.165, 1.54) is 6.39 Å². The van der Waals surface area contributed by atoms with Crippen LogP contribution in [0.25, 0.3) is 10.6 Å². The Balaban J connectivity index is 1.73. The molecule has 3 aromatic rings. The van der Waals surface area contributed by atoms with Crippen molar-refractivity contribution in [1.82, 2.24) is 14.5 Å². The number of hydrogen-bond donors (Lipinski definition) is 0. The van der Waals surface area contributed by atoms with E-state index < -0.39 is 0 Å². The molecule has 0 N–H and O–H groups in total. The third-order valence-corrected chi connectivity index (χ3v) is 5.04. The normalized spacial score (nSPS) is 14.5. The molecule has 0 unspecified atom stereocenters. The zero-order chi connectivity index (χ0) is 16.4. The summed E-state index contributed by atoms with van der Waals surface area (Å²) in [6.07, 6.45) is 6.70. The van der Waals surface area contributed by atoms with Gasteiger partial charge >= 0.3 is 0 Å². The average molecular weight is 340 g/mol. The molecule has 0 spiro atoms. The third kappa shape index (κ3) is 2.94. The van der Waals surface area contributed by atoms with Crippen LogP contribution in [0.5, 0.6) is 0 Å². The molecule has 3 aromatic heterocycles. The second kappa shape index (κ2) is 6.51. The van der Waals surface area contributed by atoms with Gasteiger partial charge in [0.05, 0.1) is 42.4 Å². The fourth-order valence-electron chi connectivity index (χ4n) is 2.54. The Morgan fingerprint density at radius 3 is 2.75 bits per heavy atom. The van der Waals surface area contributed by atoms with Gasteiger partial charge in [-0.25, -0.2) is 9.97 Å². The Bertz CT molecular complexity index is 879. The van der Waals surface area contributed by atoms with Gasteiger partial charge in [0.25, 0.3) is 0 Å². The molecule has 7 heteroatoms. The van der Waals surface area contributed by atoms with Gasteiger partial charge in [-0.1, -0.05) is 5.92 Å². The fraction of sp³-hybridized carbons (Fsp3) is 0.294. The van der Waals surface area contributed by atoms with Crippen molar-refractivity contribution in [1.29, 1.82) is 0 Å². The predicted molar refractivity (Wildman–Crippen MR) is 92.0 cm³/mol. The summed E-state index contributed by atoms with van der Waals surface area (Å²) in [4.78, 5) is 11.5. The molecule has 1 fully saturated rings. The van der Waals surface area contributed by atoms with Crippen molar-refractivity contribution < 1.29 is 9.15 Å². The summed E-state index contributed by atoms with van der Waals surface area (Å²) in [6.45, 7) is 3.22. The fourth-order valence-corrected chi connectivity index (χ4v) is 3.66. The van der Waals surface area contributed by atoms with E-state index in [4.69, 9.17) is 9.15 Å². The maximum absolute atomic E-state index is 5.46.